The van der Waals surface area contributed by atoms with Crippen molar-refractivity contribution in [3.63, 3.8) is 0 Å². The number of aromatic nitrogens is 5. The summed E-state index contributed by atoms with van der Waals surface area (Å²) < 4.78 is 1.65. The van der Waals surface area contributed by atoms with E-state index in [9.17, 15) is 9.59 Å². The summed E-state index contributed by atoms with van der Waals surface area (Å²) in [6, 6.07) is 9.71. The molecule has 1 amide bonds. The van der Waals surface area contributed by atoms with Crippen molar-refractivity contribution in [3.05, 3.63) is 47.6 Å². The molecule has 0 aliphatic carbocycles. The van der Waals surface area contributed by atoms with Crippen molar-refractivity contribution in [2.75, 3.05) is 5.32 Å². The average Bonchev–Trinajstić information content (AvgIpc) is 3.41. The first-order chi connectivity index (χ1) is 13.5. The number of nitrogens with one attached hydrogen (secondary N) is 1. The zero-order valence-electron chi connectivity index (χ0n) is 15.4. The molecular weight excluding hydrogens is 376 g/mol. The van der Waals surface area contributed by atoms with Crippen LogP contribution >= 0.6 is 11.3 Å². The van der Waals surface area contributed by atoms with E-state index >= 15 is 0 Å². The summed E-state index contributed by atoms with van der Waals surface area (Å²) in [7, 11) is 0. The number of fused-ring (bicyclic) bond motifs is 1. The number of carbonyl (C=O) groups is 2. The Morgan fingerprint density at radius 2 is 2.00 bits per heavy atom. The molecule has 0 spiro atoms. The molecule has 3 heterocycles. The van der Waals surface area contributed by atoms with Gasteiger partial charge in [0, 0.05) is 10.3 Å². The van der Waals surface area contributed by atoms with Crippen LogP contribution in [-0.4, -0.2) is 36.5 Å². The fourth-order valence-corrected chi connectivity index (χ4v) is 3.77. The van der Waals surface area contributed by atoms with Crippen LogP contribution in [0, 0.1) is 0 Å². The van der Waals surface area contributed by atoms with E-state index in [4.69, 9.17) is 0 Å². The topological polar surface area (TPSA) is 94.7 Å². The summed E-state index contributed by atoms with van der Waals surface area (Å²) in [5.41, 5.74) is 1.88. The van der Waals surface area contributed by atoms with Crippen LogP contribution in [0.2, 0.25) is 0 Å². The molecule has 0 bridgehead atoms. The van der Waals surface area contributed by atoms with Gasteiger partial charge in [-0.3, -0.25) is 14.3 Å². The molecule has 0 aliphatic heterocycles. The van der Waals surface area contributed by atoms with Gasteiger partial charge in [-0.15, -0.1) is 16.4 Å². The first kappa shape index (κ1) is 18.1. The number of thiophene rings is 1. The number of rotatable bonds is 6. The van der Waals surface area contributed by atoms with Crippen LogP contribution < -0.4 is 5.32 Å². The van der Waals surface area contributed by atoms with Gasteiger partial charge in [0.2, 0.25) is 5.91 Å². The van der Waals surface area contributed by atoms with Crippen molar-refractivity contribution in [3.8, 4) is 10.4 Å². The van der Waals surface area contributed by atoms with E-state index in [0.29, 0.717) is 12.4 Å². The van der Waals surface area contributed by atoms with E-state index in [1.807, 2.05) is 37.3 Å². The van der Waals surface area contributed by atoms with Gasteiger partial charge >= 0.3 is 0 Å². The van der Waals surface area contributed by atoms with E-state index in [-0.39, 0.29) is 18.2 Å². The Labute approximate surface area is 164 Å². The largest absolute Gasteiger partial charge is 0.306 e. The zero-order chi connectivity index (χ0) is 19.7. The number of hydrogen-bond acceptors (Lipinski definition) is 6. The Balaban J connectivity index is 1.52. The van der Waals surface area contributed by atoms with Crippen LogP contribution in [0.5, 0.6) is 0 Å². The highest BCUT2D eigenvalue weighted by atomic mass is 32.1. The lowest BCUT2D eigenvalue weighted by atomic mass is 10.1. The second-order valence-corrected chi connectivity index (χ2v) is 7.35. The van der Waals surface area contributed by atoms with Crippen LogP contribution in [0.4, 0.5) is 5.82 Å². The summed E-state index contributed by atoms with van der Waals surface area (Å²) in [6.45, 7) is 4.21. The molecule has 28 heavy (non-hydrogen) atoms. The first-order valence-corrected chi connectivity index (χ1v) is 9.62. The molecule has 142 valence electrons. The van der Waals surface area contributed by atoms with Gasteiger partial charge in [-0.05, 0) is 43.7 Å². The SMILES string of the molecule is CCn1ncc(NC(=O)Cn2ncc3cc(-c4ccc(C(C)=O)s4)ccc32)n1. The van der Waals surface area contributed by atoms with Crippen molar-refractivity contribution in [2.45, 2.75) is 26.9 Å². The van der Waals surface area contributed by atoms with Crippen molar-refractivity contribution < 1.29 is 9.59 Å². The normalized spacial score (nSPS) is 11.1. The maximum atomic E-state index is 12.3. The smallest absolute Gasteiger partial charge is 0.247 e. The molecule has 0 aliphatic rings. The summed E-state index contributed by atoms with van der Waals surface area (Å²) in [6.07, 6.45) is 3.25. The van der Waals surface area contributed by atoms with E-state index in [1.54, 1.807) is 17.8 Å². The summed E-state index contributed by atoms with van der Waals surface area (Å²) >= 11 is 1.47. The lowest BCUT2D eigenvalue weighted by molar-refractivity contribution is -0.116. The number of hydrogen-bond donors (Lipinski definition) is 1. The predicted octanol–water partition coefficient (Wildman–Crippen LogP) is 3.22. The van der Waals surface area contributed by atoms with Gasteiger partial charge in [0.1, 0.15) is 6.54 Å². The Kier molecular flexibility index (Phi) is 4.74. The molecule has 0 saturated heterocycles. The third-order valence-corrected chi connectivity index (χ3v) is 5.49. The minimum atomic E-state index is -0.221. The van der Waals surface area contributed by atoms with Gasteiger partial charge in [-0.1, -0.05) is 6.07 Å². The third kappa shape index (κ3) is 3.56. The molecule has 4 aromatic rings. The number of benzene rings is 1. The molecule has 3 aromatic heterocycles. The van der Waals surface area contributed by atoms with E-state index in [1.165, 1.54) is 22.3 Å². The molecular formula is C19H18N6O2S. The average molecular weight is 394 g/mol. The number of ketones is 1. The highest BCUT2D eigenvalue weighted by Crippen LogP contribution is 2.30. The van der Waals surface area contributed by atoms with Crippen molar-refractivity contribution in [2.24, 2.45) is 0 Å². The molecule has 0 fully saturated rings. The lowest BCUT2D eigenvalue weighted by Crippen LogP contribution is -2.19. The van der Waals surface area contributed by atoms with Gasteiger partial charge in [0.25, 0.3) is 0 Å². The zero-order valence-corrected chi connectivity index (χ0v) is 16.2. The third-order valence-electron chi connectivity index (χ3n) is 4.26. The highest BCUT2D eigenvalue weighted by molar-refractivity contribution is 7.17. The maximum Gasteiger partial charge on any atom is 0.247 e. The maximum absolute atomic E-state index is 12.3. The second-order valence-electron chi connectivity index (χ2n) is 6.26. The molecule has 0 unspecified atom stereocenters. The van der Waals surface area contributed by atoms with E-state index < -0.39 is 0 Å². The van der Waals surface area contributed by atoms with Crippen LogP contribution in [0.15, 0.2) is 42.7 Å². The Hall–Kier alpha value is -3.33. The number of carbonyl (C=O) groups excluding carboxylic acids is 2. The van der Waals surface area contributed by atoms with Crippen LogP contribution in [0.1, 0.15) is 23.5 Å². The van der Waals surface area contributed by atoms with E-state index in [0.717, 1.165) is 26.2 Å². The number of anilines is 1. The van der Waals surface area contributed by atoms with Gasteiger partial charge in [-0.2, -0.15) is 15.0 Å². The molecule has 0 atom stereocenters. The Morgan fingerprint density at radius 1 is 1.14 bits per heavy atom. The molecule has 1 N–H and O–H groups in total. The van der Waals surface area contributed by atoms with Gasteiger partial charge in [-0.25, -0.2) is 0 Å². The van der Waals surface area contributed by atoms with Gasteiger partial charge < -0.3 is 5.32 Å². The Bertz CT molecular complexity index is 1170. The quantitative estimate of drug-likeness (QED) is 0.507. The summed E-state index contributed by atoms with van der Waals surface area (Å²) in [5, 5.41) is 16.2. The Morgan fingerprint density at radius 3 is 2.71 bits per heavy atom. The predicted molar refractivity (Wildman–Crippen MR) is 107 cm³/mol. The number of nitrogens with zero attached hydrogens (tertiary/aromatic N) is 5. The molecule has 9 heteroatoms. The monoisotopic (exact) mass is 394 g/mol. The van der Waals surface area contributed by atoms with Crippen LogP contribution in [0.25, 0.3) is 21.3 Å². The molecule has 8 nitrogen and oxygen atoms in total. The standard InChI is InChI=1S/C19H18N6O2S/c1-3-25-21-10-18(23-25)22-19(27)11-24-15-5-4-13(8-14(15)9-20-24)17-7-6-16(28-17)12(2)26/h4-10H,3,11H2,1-2H3,(H,22,23,27). The van der Waals surface area contributed by atoms with Crippen LogP contribution in [-0.2, 0) is 17.9 Å². The van der Waals surface area contributed by atoms with Crippen molar-refractivity contribution >= 4 is 39.7 Å². The number of Topliss-reactive ketones (excluding diaryl/α,β-unsaturated/α-hetero) is 1. The van der Waals surface area contributed by atoms with Crippen LogP contribution in [0.3, 0.4) is 0 Å². The molecule has 1 aromatic carbocycles. The van der Waals surface area contributed by atoms with Gasteiger partial charge in [0.05, 0.1) is 29.3 Å². The molecule has 0 radical (unpaired) electrons. The molecule has 4 rings (SSSR count). The lowest BCUT2D eigenvalue weighted by Gasteiger charge is -2.04. The van der Waals surface area contributed by atoms with E-state index in [2.05, 4.69) is 20.6 Å². The fraction of sp³-hybridized carbons (Fsp3) is 0.211. The number of aryl methyl sites for hydroxylation is 1. The molecule has 0 saturated carbocycles. The summed E-state index contributed by atoms with van der Waals surface area (Å²) in [4.78, 5) is 27.1. The summed E-state index contributed by atoms with van der Waals surface area (Å²) in [5.74, 6) is 0.265. The fourth-order valence-electron chi connectivity index (χ4n) is 2.87. The van der Waals surface area contributed by atoms with Crippen molar-refractivity contribution in [1.29, 1.82) is 0 Å². The van der Waals surface area contributed by atoms with Crippen molar-refractivity contribution in [1.82, 2.24) is 24.8 Å². The van der Waals surface area contributed by atoms with Gasteiger partial charge in [0.15, 0.2) is 11.6 Å². The second kappa shape index (κ2) is 7.35. The number of amides is 1. The minimum absolute atomic E-state index is 0.0649. The minimum Gasteiger partial charge on any atom is -0.306 e. The highest BCUT2D eigenvalue weighted by Gasteiger charge is 2.12. The first-order valence-electron chi connectivity index (χ1n) is 8.80.